The summed E-state index contributed by atoms with van der Waals surface area (Å²) in [6, 6.07) is 1.55. The molecule has 3 rings (SSSR count). The highest BCUT2D eigenvalue weighted by Crippen LogP contribution is 2.14. The molecule has 2 N–H and O–H groups in total. The van der Waals surface area contributed by atoms with Crippen molar-refractivity contribution >= 4 is 26.9 Å². The molecule has 0 aliphatic heterocycles. The van der Waals surface area contributed by atoms with Crippen molar-refractivity contribution in [1.82, 2.24) is 28.7 Å². The van der Waals surface area contributed by atoms with Crippen LogP contribution in [0.1, 0.15) is 5.69 Å². The van der Waals surface area contributed by atoms with E-state index in [1.165, 1.54) is 20.3 Å². The number of imidazole rings is 1. The molecule has 3 aromatic heterocycles. The molecule has 0 atom stereocenters. The van der Waals surface area contributed by atoms with Crippen molar-refractivity contribution in [3.05, 3.63) is 38.8 Å². The molecule has 0 fully saturated rings. The van der Waals surface area contributed by atoms with E-state index in [0.717, 1.165) is 20.0 Å². The minimum absolute atomic E-state index is 0.00870. The third kappa shape index (κ3) is 3.20. The van der Waals surface area contributed by atoms with Crippen LogP contribution in [0.5, 0.6) is 0 Å². The van der Waals surface area contributed by atoms with Gasteiger partial charge < -0.3 is 10.3 Å². The van der Waals surface area contributed by atoms with Gasteiger partial charge in [-0.1, -0.05) is 5.92 Å². The average Bonchev–Trinajstić information content (AvgIpc) is 2.93. The van der Waals surface area contributed by atoms with E-state index >= 15 is 0 Å². The van der Waals surface area contributed by atoms with Crippen molar-refractivity contribution in [2.24, 2.45) is 14.1 Å². The highest BCUT2D eigenvalue weighted by atomic mass is 32.2. The zero-order valence-electron chi connectivity index (χ0n) is 14.7. The van der Waals surface area contributed by atoms with Gasteiger partial charge in [0.05, 0.1) is 6.54 Å². The van der Waals surface area contributed by atoms with Gasteiger partial charge in [0.25, 0.3) is 5.56 Å². The second kappa shape index (κ2) is 6.36. The summed E-state index contributed by atoms with van der Waals surface area (Å²) in [5, 5.41) is -0.314. The molecule has 27 heavy (non-hydrogen) atoms. The molecule has 0 spiro atoms. The van der Waals surface area contributed by atoms with Crippen LogP contribution in [0, 0.1) is 11.8 Å². The maximum absolute atomic E-state index is 12.5. The minimum atomic E-state index is -3.70. The van der Waals surface area contributed by atoms with Gasteiger partial charge in [-0.25, -0.2) is 23.2 Å². The maximum atomic E-state index is 12.5. The van der Waals surface area contributed by atoms with E-state index in [-0.39, 0.29) is 28.8 Å². The van der Waals surface area contributed by atoms with Crippen LogP contribution in [-0.4, -0.2) is 43.3 Å². The van der Waals surface area contributed by atoms with Crippen LogP contribution in [0.2, 0.25) is 0 Å². The largest absolute Gasteiger partial charge is 0.368 e. The molecule has 3 heterocycles. The van der Waals surface area contributed by atoms with Gasteiger partial charge in [0.2, 0.25) is 20.9 Å². The molecular weight excluding hydrogens is 374 g/mol. The van der Waals surface area contributed by atoms with E-state index in [2.05, 4.69) is 26.8 Å². The standard InChI is InChI=1S/C15H15N7O4S/c1-20-10-11(19-14(20)27(3,25)26)22(15(24)21(2)12(10)23)8-4-5-9-6-7-17-13(16)18-9/h6-7H,8H2,1-3H3,(H2,16,17,18). The molecule has 12 heteroatoms. The van der Waals surface area contributed by atoms with Gasteiger partial charge in [0.15, 0.2) is 11.2 Å². The predicted molar refractivity (Wildman–Crippen MR) is 96.6 cm³/mol. The summed E-state index contributed by atoms with van der Waals surface area (Å²) in [4.78, 5) is 36.6. The molecule has 0 amide bonds. The zero-order chi connectivity index (χ0) is 19.9. The Morgan fingerprint density at radius 2 is 1.89 bits per heavy atom. The van der Waals surface area contributed by atoms with E-state index in [1.807, 2.05) is 0 Å². The van der Waals surface area contributed by atoms with Crippen LogP contribution < -0.4 is 17.0 Å². The molecule has 0 aromatic carbocycles. The lowest BCUT2D eigenvalue weighted by atomic mass is 10.4. The molecular formula is C15H15N7O4S. The molecule has 0 saturated carbocycles. The summed E-state index contributed by atoms with van der Waals surface area (Å²) in [6.45, 7) is -0.131. The fourth-order valence-electron chi connectivity index (χ4n) is 2.54. The lowest BCUT2D eigenvalue weighted by Gasteiger charge is -2.05. The Kier molecular flexibility index (Phi) is 4.32. The minimum Gasteiger partial charge on any atom is -0.368 e. The third-order valence-corrected chi connectivity index (χ3v) is 4.80. The van der Waals surface area contributed by atoms with Crippen LogP contribution in [0.25, 0.3) is 11.2 Å². The first kappa shape index (κ1) is 18.3. The Morgan fingerprint density at radius 3 is 2.52 bits per heavy atom. The number of sulfone groups is 1. The van der Waals surface area contributed by atoms with Crippen molar-refractivity contribution in [3.8, 4) is 11.8 Å². The third-order valence-electron chi connectivity index (χ3n) is 3.78. The first-order chi connectivity index (χ1) is 12.6. The van der Waals surface area contributed by atoms with Gasteiger partial charge >= 0.3 is 5.69 Å². The molecule has 140 valence electrons. The number of fused-ring (bicyclic) bond motifs is 1. The first-order valence-electron chi connectivity index (χ1n) is 7.55. The Morgan fingerprint density at radius 1 is 1.19 bits per heavy atom. The molecule has 0 saturated heterocycles. The second-order valence-corrected chi connectivity index (χ2v) is 7.64. The topological polar surface area (TPSA) is 148 Å². The highest BCUT2D eigenvalue weighted by molar-refractivity contribution is 7.90. The molecule has 0 aliphatic rings. The van der Waals surface area contributed by atoms with Gasteiger partial charge in [-0.3, -0.25) is 13.9 Å². The van der Waals surface area contributed by atoms with E-state index < -0.39 is 21.1 Å². The number of rotatable bonds is 2. The smallest absolute Gasteiger partial charge is 0.333 e. The van der Waals surface area contributed by atoms with Gasteiger partial charge in [-0.2, -0.15) is 4.98 Å². The Labute approximate surface area is 153 Å². The van der Waals surface area contributed by atoms with E-state index in [4.69, 9.17) is 5.73 Å². The van der Waals surface area contributed by atoms with E-state index in [9.17, 15) is 18.0 Å². The summed E-state index contributed by atoms with van der Waals surface area (Å²) in [5.41, 5.74) is 4.47. The van der Waals surface area contributed by atoms with Gasteiger partial charge in [-0.05, 0) is 12.0 Å². The highest BCUT2D eigenvalue weighted by Gasteiger charge is 2.23. The molecule has 0 bridgehead atoms. The zero-order valence-corrected chi connectivity index (χ0v) is 15.5. The van der Waals surface area contributed by atoms with Crippen LogP contribution in [0.4, 0.5) is 5.95 Å². The number of aromatic nitrogens is 6. The van der Waals surface area contributed by atoms with Crippen molar-refractivity contribution in [3.63, 3.8) is 0 Å². The molecule has 0 unspecified atom stereocenters. The first-order valence-corrected chi connectivity index (χ1v) is 9.44. The number of hydrogen-bond acceptors (Lipinski definition) is 8. The maximum Gasteiger partial charge on any atom is 0.333 e. The van der Waals surface area contributed by atoms with Crippen molar-refractivity contribution in [1.29, 1.82) is 0 Å². The summed E-state index contributed by atoms with van der Waals surface area (Å²) >= 11 is 0. The summed E-state index contributed by atoms with van der Waals surface area (Å²) in [6.07, 6.45) is 2.42. The molecule has 0 aliphatic carbocycles. The van der Waals surface area contributed by atoms with E-state index in [1.54, 1.807) is 6.07 Å². The number of aryl methyl sites for hydroxylation is 1. The van der Waals surface area contributed by atoms with E-state index in [0.29, 0.717) is 5.69 Å². The van der Waals surface area contributed by atoms with Gasteiger partial charge in [-0.15, -0.1) is 0 Å². The second-order valence-electron chi connectivity index (χ2n) is 5.73. The Hall–Kier alpha value is -3.46. The van der Waals surface area contributed by atoms with Crippen molar-refractivity contribution in [2.45, 2.75) is 11.7 Å². The van der Waals surface area contributed by atoms with Crippen LogP contribution in [0.3, 0.4) is 0 Å². The lowest BCUT2D eigenvalue weighted by Crippen LogP contribution is -2.38. The SMILES string of the molecule is Cn1c(=O)c2c(nc(S(C)(=O)=O)n2C)n(CC#Cc2ccnc(N)n2)c1=O. The summed E-state index contributed by atoms with van der Waals surface area (Å²) in [5.74, 6) is 5.54. The Bertz CT molecular complexity index is 1350. The van der Waals surface area contributed by atoms with Crippen LogP contribution >= 0.6 is 0 Å². The van der Waals surface area contributed by atoms with Crippen molar-refractivity contribution in [2.75, 3.05) is 12.0 Å². The number of hydrogen-bond donors (Lipinski definition) is 1. The van der Waals surface area contributed by atoms with Crippen LogP contribution in [0.15, 0.2) is 27.0 Å². The number of nitrogens with two attached hydrogens (primary N) is 1. The molecule has 3 aromatic rings. The lowest BCUT2D eigenvalue weighted by molar-refractivity contribution is 0.586. The summed E-state index contributed by atoms with van der Waals surface area (Å²) < 4.78 is 27.0. The summed E-state index contributed by atoms with van der Waals surface area (Å²) in [7, 11) is -1.00. The Balaban J connectivity index is 2.22. The van der Waals surface area contributed by atoms with Gasteiger partial charge in [0.1, 0.15) is 5.69 Å². The average molecular weight is 389 g/mol. The number of nitrogen functional groups attached to an aromatic ring is 1. The van der Waals surface area contributed by atoms with Crippen molar-refractivity contribution < 1.29 is 8.42 Å². The normalized spacial score (nSPS) is 11.4. The predicted octanol–water partition coefficient (Wildman–Crippen LogP) is -1.74. The molecule has 0 radical (unpaired) electrons. The van der Waals surface area contributed by atoms with Gasteiger partial charge in [0, 0.05) is 26.5 Å². The monoisotopic (exact) mass is 389 g/mol. The number of anilines is 1. The molecule has 11 nitrogen and oxygen atoms in total. The quantitative estimate of drug-likeness (QED) is 0.508. The fraction of sp³-hybridized carbons (Fsp3) is 0.267. The number of nitrogens with zero attached hydrogens (tertiary/aromatic N) is 6. The van der Waals surface area contributed by atoms with Crippen LogP contribution in [-0.2, 0) is 30.5 Å². The fourth-order valence-corrected chi connectivity index (χ4v) is 3.38.